The molecule has 162 valence electrons. The second-order valence-corrected chi connectivity index (χ2v) is 9.15. The molecular formula is C23H30N2O5. The van der Waals surface area contributed by atoms with Crippen molar-refractivity contribution in [1.29, 1.82) is 0 Å². The fourth-order valence-electron chi connectivity index (χ4n) is 3.68. The molecule has 0 aliphatic heterocycles. The van der Waals surface area contributed by atoms with Gasteiger partial charge in [-0.1, -0.05) is 46.8 Å². The fourth-order valence-corrected chi connectivity index (χ4v) is 3.68. The Bertz CT molecular complexity index is 899. The second-order valence-electron chi connectivity index (χ2n) is 9.15. The van der Waals surface area contributed by atoms with Crippen LogP contribution in [-0.2, 0) is 5.41 Å². The number of hydrogen-bond acceptors (Lipinski definition) is 5. The summed E-state index contributed by atoms with van der Waals surface area (Å²) in [7, 11) is 0. The van der Waals surface area contributed by atoms with Crippen molar-refractivity contribution in [2.24, 2.45) is 11.1 Å². The number of nitrogens with two attached hydrogens (primary N) is 1. The summed E-state index contributed by atoms with van der Waals surface area (Å²) >= 11 is 0. The molecule has 0 bridgehead atoms. The van der Waals surface area contributed by atoms with Gasteiger partial charge in [0, 0.05) is 11.6 Å². The van der Waals surface area contributed by atoms with E-state index in [1.807, 2.05) is 12.1 Å². The molecule has 2 aromatic rings. The van der Waals surface area contributed by atoms with Crippen LogP contribution >= 0.6 is 0 Å². The van der Waals surface area contributed by atoms with Gasteiger partial charge in [-0.2, -0.15) is 0 Å². The molecule has 0 radical (unpaired) electrons. The summed E-state index contributed by atoms with van der Waals surface area (Å²) in [4.78, 5) is 21.8. The van der Waals surface area contributed by atoms with Crippen LogP contribution in [-0.4, -0.2) is 24.0 Å². The molecule has 0 saturated heterocycles. The van der Waals surface area contributed by atoms with E-state index in [1.54, 1.807) is 0 Å². The molecule has 1 amide bonds. The molecule has 0 aliphatic rings. The van der Waals surface area contributed by atoms with Crippen molar-refractivity contribution in [2.45, 2.75) is 46.5 Å². The lowest BCUT2D eigenvalue weighted by Crippen LogP contribution is -2.24. The number of amides is 1. The number of rotatable bonds is 9. The Balaban J connectivity index is 1.94. The molecule has 0 unspecified atom stereocenters. The van der Waals surface area contributed by atoms with Crippen LogP contribution in [0.1, 0.15) is 57.0 Å². The molecule has 2 N–H and O–H groups in total. The predicted molar refractivity (Wildman–Crippen MR) is 116 cm³/mol. The van der Waals surface area contributed by atoms with E-state index in [9.17, 15) is 14.9 Å². The van der Waals surface area contributed by atoms with Gasteiger partial charge in [-0.05, 0) is 47.1 Å². The average Bonchev–Trinajstić information content (AvgIpc) is 2.63. The third-order valence-electron chi connectivity index (χ3n) is 4.66. The van der Waals surface area contributed by atoms with Gasteiger partial charge in [0.2, 0.25) is 5.91 Å². The van der Waals surface area contributed by atoms with Crippen molar-refractivity contribution >= 4 is 11.6 Å². The number of nitro benzene ring substituents is 1. The Labute approximate surface area is 177 Å². The quantitative estimate of drug-likeness (QED) is 0.358. The molecule has 0 aliphatic carbocycles. The average molecular weight is 415 g/mol. The third-order valence-corrected chi connectivity index (χ3v) is 4.66. The monoisotopic (exact) mass is 414 g/mol. The lowest BCUT2D eigenvalue weighted by molar-refractivity contribution is -0.385. The minimum Gasteiger partial charge on any atom is -0.490 e. The summed E-state index contributed by atoms with van der Waals surface area (Å²) < 4.78 is 11.2. The van der Waals surface area contributed by atoms with Crippen LogP contribution in [0.2, 0.25) is 0 Å². The number of ether oxygens (including phenoxy) is 2. The summed E-state index contributed by atoms with van der Waals surface area (Å²) in [6.45, 7) is 11.5. The standard InChI is InChI=1S/C23H30N2O5/c1-22(2,3)15-23(4,5)17-7-9-18(10-8-17)29-12-13-30-20-11-6-16(21(24)26)14-19(20)25(27)28/h6-11,14H,12-13,15H2,1-5H3,(H2,24,26). The Hall–Kier alpha value is -3.09. The molecule has 0 aromatic heterocycles. The molecule has 2 rings (SSSR count). The summed E-state index contributed by atoms with van der Waals surface area (Å²) in [5.74, 6) is 0.0301. The summed E-state index contributed by atoms with van der Waals surface area (Å²) in [6, 6.07) is 11.8. The summed E-state index contributed by atoms with van der Waals surface area (Å²) in [5, 5.41) is 11.2. The van der Waals surface area contributed by atoms with E-state index in [0.717, 1.165) is 12.5 Å². The molecule has 7 nitrogen and oxygen atoms in total. The van der Waals surface area contributed by atoms with Gasteiger partial charge in [0.05, 0.1) is 4.92 Å². The topological polar surface area (TPSA) is 105 Å². The van der Waals surface area contributed by atoms with Crippen LogP contribution in [0.5, 0.6) is 11.5 Å². The zero-order valence-corrected chi connectivity index (χ0v) is 18.2. The first-order valence-electron chi connectivity index (χ1n) is 9.83. The highest BCUT2D eigenvalue weighted by molar-refractivity contribution is 5.93. The normalized spacial score (nSPS) is 11.8. The lowest BCUT2D eigenvalue weighted by atomic mass is 9.72. The van der Waals surface area contributed by atoms with Crippen LogP contribution < -0.4 is 15.2 Å². The van der Waals surface area contributed by atoms with Crippen molar-refractivity contribution in [2.75, 3.05) is 13.2 Å². The minimum atomic E-state index is -0.734. The van der Waals surface area contributed by atoms with Crippen molar-refractivity contribution in [3.63, 3.8) is 0 Å². The number of benzene rings is 2. The molecule has 2 aromatic carbocycles. The maximum Gasteiger partial charge on any atom is 0.311 e. The molecule has 0 fully saturated rings. The minimum absolute atomic E-state index is 0.0515. The number of primary amides is 1. The summed E-state index contributed by atoms with van der Waals surface area (Å²) in [5.41, 5.74) is 6.43. The molecular weight excluding hydrogens is 384 g/mol. The van der Waals surface area contributed by atoms with Crippen LogP contribution in [0.15, 0.2) is 42.5 Å². The largest absolute Gasteiger partial charge is 0.490 e. The maximum atomic E-state index is 11.2. The van der Waals surface area contributed by atoms with Crippen molar-refractivity contribution in [1.82, 2.24) is 0 Å². The molecule has 30 heavy (non-hydrogen) atoms. The highest BCUT2D eigenvalue weighted by atomic mass is 16.6. The van der Waals surface area contributed by atoms with Crippen LogP contribution in [0, 0.1) is 15.5 Å². The predicted octanol–water partition coefficient (Wildman–Crippen LogP) is 4.87. The van der Waals surface area contributed by atoms with E-state index in [4.69, 9.17) is 15.2 Å². The molecule has 0 spiro atoms. The van der Waals surface area contributed by atoms with Gasteiger partial charge in [0.15, 0.2) is 5.75 Å². The smallest absolute Gasteiger partial charge is 0.311 e. The van der Waals surface area contributed by atoms with Gasteiger partial charge in [0.25, 0.3) is 0 Å². The Kier molecular flexibility index (Phi) is 7.08. The van der Waals surface area contributed by atoms with Crippen molar-refractivity contribution < 1.29 is 19.2 Å². The van der Waals surface area contributed by atoms with Gasteiger partial charge in [-0.15, -0.1) is 0 Å². The Morgan fingerprint density at radius 2 is 1.60 bits per heavy atom. The number of carbonyl (C=O) groups excluding carboxylic acids is 1. The molecule has 0 atom stereocenters. The number of carbonyl (C=O) groups is 1. The maximum absolute atomic E-state index is 11.2. The van der Waals surface area contributed by atoms with E-state index < -0.39 is 10.8 Å². The van der Waals surface area contributed by atoms with Gasteiger partial charge >= 0.3 is 5.69 Å². The van der Waals surface area contributed by atoms with Gasteiger partial charge in [0.1, 0.15) is 19.0 Å². The van der Waals surface area contributed by atoms with E-state index >= 15 is 0 Å². The SMILES string of the molecule is CC(C)(C)CC(C)(C)c1ccc(OCCOc2ccc(C(N)=O)cc2[N+](=O)[O-])cc1. The van der Waals surface area contributed by atoms with E-state index in [-0.39, 0.29) is 41.0 Å². The molecule has 0 saturated carbocycles. The van der Waals surface area contributed by atoms with E-state index in [1.165, 1.54) is 17.7 Å². The highest BCUT2D eigenvalue weighted by Crippen LogP contribution is 2.36. The first-order valence-corrected chi connectivity index (χ1v) is 9.83. The first kappa shape index (κ1) is 23.2. The highest BCUT2D eigenvalue weighted by Gasteiger charge is 2.27. The number of nitrogens with zero attached hydrogens (tertiary/aromatic N) is 1. The fraction of sp³-hybridized carbons (Fsp3) is 0.435. The van der Waals surface area contributed by atoms with Crippen molar-refractivity contribution in [3.05, 3.63) is 63.7 Å². The first-order chi connectivity index (χ1) is 13.9. The van der Waals surface area contributed by atoms with Gasteiger partial charge in [-0.3, -0.25) is 14.9 Å². The van der Waals surface area contributed by atoms with Crippen LogP contribution in [0.25, 0.3) is 0 Å². The van der Waals surface area contributed by atoms with Crippen LogP contribution in [0.3, 0.4) is 0 Å². The van der Waals surface area contributed by atoms with Gasteiger partial charge in [-0.25, -0.2) is 0 Å². The van der Waals surface area contributed by atoms with E-state index in [2.05, 4.69) is 46.8 Å². The third kappa shape index (κ3) is 6.47. The zero-order chi connectivity index (χ0) is 22.5. The molecule has 7 heteroatoms. The Morgan fingerprint density at radius 3 is 2.13 bits per heavy atom. The van der Waals surface area contributed by atoms with Gasteiger partial charge < -0.3 is 15.2 Å². The molecule has 0 heterocycles. The van der Waals surface area contributed by atoms with E-state index in [0.29, 0.717) is 5.75 Å². The van der Waals surface area contributed by atoms with Crippen LogP contribution in [0.4, 0.5) is 5.69 Å². The number of hydrogen-bond donors (Lipinski definition) is 1. The second kappa shape index (κ2) is 9.15. The lowest BCUT2D eigenvalue weighted by Gasteiger charge is -2.33. The van der Waals surface area contributed by atoms with Crippen molar-refractivity contribution in [3.8, 4) is 11.5 Å². The Morgan fingerprint density at radius 1 is 1.00 bits per heavy atom. The number of nitro groups is 1. The zero-order valence-electron chi connectivity index (χ0n) is 18.2. The summed E-state index contributed by atoms with van der Waals surface area (Å²) in [6.07, 6.45) is 1.06.